The zero-order chi connectivity index (χ0) is 18.0. The fraction of sp³-hybridized carbons (Fsp3) is 0.409. The lowest BCUT2D eigenvalue weighted by Gasteiger charge is -2.50. The van der Waals surface area contributed by atoms with Crippen LogP contribution in [0.4, 0.5) is 0 Å². The van der Waals surface area contributed by atoms with Crippen molar-refractivity contribution in [1.29, 1.82) is 0 Å². The second-order valence-corrected chi connectivity index (χ2v) is 7.86. The molecule has 0 bridgehead atoms. The maximum Gasteiger partial charge on any atom is 0.311 e. The van der Waals surface area contributed by atoms with Crippen LogP contribution >= 0.6 is 0 Å². The van der Waals surface area contributed by atoms with Gasteiger partial charge >= 0.3 is 5.97 Å². The Morgan fingerprint density at radius 1 is 1.00 bits per heavy atom. The molecule has 1 fully saturated rings. The molecule has 25 heavy (non-hydrogen) atoms. The molecule has 1 aliphatic heterocycles. The van der Waals surface area contributed by atoms with Crippen LogP contribution in [0.5, 0.6) is 0 Å². The van der Waals surface area contributed by atoms with Crippen LogP contribution in [0.3, 0.4) is 0 Å². The van der Waals surface area contributed by atoms with E-state index in [0.29, 0.717) is 0 Å². The summed E-state index contributed by atoms with van der Waals surface area (Å²) in [5, 5.41) is 0. The zero-order valence-electron chi connectivity index (χ0n) is 15.5. The third-order valence-corrected chi connectivity index (χ3v) is 4.88. The number of benzene rings is 2. The molecule has 3 nitrogen and oxygen atoms in total. The molecule has 0 N–H and O–H groups in total. The average molecular weight is 337 g/mol. The molecule has 1 heterocycles. The fourth-order valence-corrected chi connectivity index (χ4v) is 3.24. The summed E-state index contributed by atoms with van der Waals surface area (Å²) in [5.41, 5.74) is 2.07. The minimum Gasteiger partial charge on any atom is -0.459 e. The van der Waals surface area contributed by atoms with E-state index >= 15 is 0 Å². The Bertz CT molecular complexity index is 666. The molecule has 3 rings (SSSR count). The van der Waals surface area contributed by atoms with Crippen LogP contribution in [0.2, 0.25) is 0 Å². The van der Waals surface area contributed by atoms with Crippen molar-refractivity contribution < 1.29 is 9.53 Å². The van der Waals surface area contributed by atoms with E-state index in [0.717, 1.165) is 6.54 Å². The van der Waals surface area contributed by atoms with Gasteiger partial charge in [-0.25, -0.2) is 0 Å². The van der Waals surface area contributed by atoms with Gasteiger partial charge in [0.1, 0.15) is 6.10 Å². The molecule has 132 valence electrons. The van der Waals surface area contributed by atoms with Gasteiger partial charge in [0.25, 0.3) is 0 Å². The van der Waals surface area contributed by atoms with Gasteiger partial charge in [0, 0.05) is 12.6 Å². The van der Waals surface area contributed by atoms with Gasteiger partial charge < -0.3 is 4.74 Å². The summed E-state index contributed by atoms with van der Waals surface area (Å²) in [6.07, 6.45) is -0.0401. The summed E-state index contributed by atoms with van der Waals surface area (Å²) >= 11 is 0. The topological polar surface area (TPSA) is 29.5 Å². The van der Waals surface area contributed by atoms with E-state index in [2.05, 4.69) is 60.4 Å². The molecule has 0 aromatic heterocycles. The minimum atomic E-state index is -0.460. The van der Waals surface area contributed by atoms with E-state index in [1.54, 1.807) is 0 Å². The highest BCUT2D eigenvalue weighted by atomic mass is 16.5. The van der Waals surface area contributed by atoms with Gasteiger partial charge in [-0.3, -0.25) is 9.69 Å². The largest absolute Gasteiger partial charge is 0.459 e. The van der Waals surface area contributed by atoms with Crippen LogP contribution in [0, 0.1) is 5.41 Å². The molecule has 0 saturated carbocycles. The summed E-state index contributed by atoms with van der Waals surface area (Å²) < 4.78 is 5.73. The number of hydrogen-bond donors (Lipinski definition) is 0. The standard InChI is InChI=1S/C22H27NO2/c1-16-19(25-21(24)22(2,3)4)15-23(16)20(17-11-7-5-8-12-17)18-13-9-6-10-14-18/h5-14,16,19-20H,15H2,1-4H3/t16-,19+/m1/s1. The molecule has 0 amide bonds. The molecule has 0 radical (unpaired) electrons. The first-order valence-electron chi connectivity index (χ1n) is 8.94. The summed E-state index contributed by atoms with van der Waals surface area (Å²) in [7, 11) is 0. The normalized spacial score (nSPS) is 21.0. The van der Waals surface area contributed by atoms with Gasteiger partial charge in [-0.05, 0) is 38.8 Å². The first kappa shape index (κ1) is 17.7. The SMILES string of the molecule is C[C@@H]1[C@@H](OC(=O)C(C)(C)C)CN1C(c1ccccc1)c1ccccc1. The summed E-state index contributed by atoms with van der Waals surface area (Å²) in [6.45, 7) is 8.59. The van der Waals surface area contributed by atoms with Crippen molar-refractivity contribution in [3.05, 3.63) is 71.8 Å². The lowest BCUT2D eigenvalue weighted by atomic mass is 9.89. The average Bonchev–Trinajstić information content (AvgIpc) is 2.61. The van der Waals surface area contributed by atoms with Crippen molar-refractivity contribution in [2.75, 3.05) is 6.54 Å². The molecule has 2 atom stereocenters. The number of rotatable bonds is 4. The smallest absolute Gasteiger partial charge is 0.311 e. The van der Waals surface area contributed by atoms with Gasteiger partial charge in [-0.15, -0.1) is 0 Å². The maximum atomic E-state index is 12.2. The van der Waals surface area contributed by atoms with Gasteiger partial charge in [0.2, 0.25) is 0 Å². The number of ether oxygens (including phenoxy) is 1. The monoisotopic (exact) mass is 337 g/mol. The Hall–Kier alpha value is -2.13. The van der Waals surface area contributed by atoms with Crippen molar-refractivity contribution >= 4 is 5.97 Å². The van der Waals surface area contributed by atoms with Crippen molar-refractivity contribution in [2.45, 2.75) is 45.9 Å². The van der Waals surface area contributed by atoms with E-state index in [1.807, 2.05) is 32.9 Å². The predicted octanol–water partition coefficient (Wildman–Crippen LogP) is 4.44. The fourth-order valence-electron chi connectivity index (χ4n) is 3.24. The lowest BCUT2D eigenvalue weighted by molar-refractivity contribution is -0.176. The molecule has 1 aliphatic rings. The molecule has 1 saturated heterocycles. The van der Waals surface area contributed by atoms with Crippen LogP contribution in [0.15, 0.2) is 60.7 Å². The van der Waals surface area contributed by atoms with Crippen molar-refractivity contribution in [3.63, 3.8) is 0 Å². The van der Waals surface area contributed by atoms with Gasteiger partial charge in [0.15, 0.2) is 0 Å². The minimum absolute atomic E-state index is 0.0401. The Labute approximate surface area is 150 Å². The molecular formula is C22H27NO2. The van der Waals surface area contributed by atoms with E-state index in [4.69, 9.17) is 4.74 Å². The third-order valence-electron chi connectivity index (χ3n) is 4.88. The number of hydrogen-bond acceptors (Lipinski definition) is 3. The lowest BCUT2D eigenvalue weighted by Crippen LogP contribution is -2.61. The number of likely N-dealkylation sites (tertiary alicyclic amines) is 1. The first-order chi connectivity index (χ1) is 11.9. The highest BCUT2D eigenvalue weighted by Gasteiger charge is 2.44. The van der Waals surface area contributed by atoms with Crippen LogP contribution in [0.25, 0.3) is 0 Å². The highest BCUT2D eigenvalue weighted by Crippen LogP contribution is 2.37. The molecule has 0 unspecified atom stereocenters. The molecular weight excluding hydrogens is 310 g/mol. The van der Waals surface area contributed by atoms with Crippen molar-refractivity contribution in [2.24, 2.45) is 5.41 Å². The van der Waals surface area contributed by atoms with E-state index in [-0.39, 0.29) is 24.2 Å². The molecule has 2 aromatic rings. The van der Waals surface area contributed by atoms with E-state index in [1.165, 1.54) is 11.1 Å². The van der Waals surface area contributed by atoms with Crippen molar-refractivity contribution in [3.8, 4) is 0 Å². The van der Waals surface area contributed by atoms with Crippen LogP contribution in [-0.4, -0.2) is 29.6 Å². The summed E-state index contributed by atoms with van der Waals surface area (Å²) in [6, 6.07) is 21.4. The molecule has 2 aromatic carbocycles. The number of nitrogens with zero attached hydrogens (tertiary/aromatic N) is 1. The Kier molecular flexibility index (Phi) is 4.96. The number of carbonyl (C=O) groups excluding carboxylic acids is 1. The predicted molar refractivity (Wildman–Crippen MR) is 100 cm³/mol. The Balaban J connectivity index is 1.79. The molecule has 0 spiro atoms. The van der Waals surface area contributed by atoms with Gasteiger partial charge in [-0.1, -0.05) is 60.7 Å². The number of esters is 1. The first-order valence-corrected chi connectivity index (χ1v) is 8.94. The highest BCUT2D eigenvalue weighted by molar-refractivity contribution is 5.75. The summed E-state index contributed by atoms with van der Waals surface area (Å²) in [5.74, 6) is -0.125. The van der Waals surface area contributed by atoms with Crippen LogP contribution < -0.4 is 0 Å². The Morgan fingerprint density at radius 2 is 1.48 bits per heavy atom. The second-order valence-electron chi connectivity index (χ2n) is 7.86. The molecule has 0 aliphatic carbocycles. The quantitative estimate of drug-likeness (QED) is 0.773. The third kappa shape index (κ3) is 3.77. The Morgan fingerprint density at radius 3 is 1.88 bits per heavy atom. The summed E-state index contributed by atoms with van der Waals surface area (Å²) in [4.78, 5) is 14.6. The van der Waals surface area contributed by atoms with Crippen molar-refractivity contribution in [1.82, 2.24) is 4.90 Å². The van der Waals surface area contributed by atoms with Crippen LogP contribution in [0.1, 0.15) is 44.9 Å². The van der Waals surface area contributed by atoms with Crippen LogP contribution in [-0.2, 0) is 9.53 Å². The number of carbonyl (C=O) groups is 1. The van der Waals surface area contributed by atoms with E-state index < -0.39 is 5.41 Å². The second kappa shape index (κ2) is 7.01. The molecule has 3 heteroatoms. The maximum absolute atomic E-state index is 12.2. The van der Waals surface area contributed by atoms with Gasteiger partial charge in [0.05, 0.1) is 11.5 Å². The van der Waals surface area contributed by atoms with Gasteiger partial charge in [-0.2, -0.15) is 0 Å². The zero-order valence-corrected chi connectivity index (χ0v) is 15.5. The van der Waals surface area contributed by atoms with E-state index in [9.17, 15) is 4.79 Å².